The molecule has 0 aliphatic carbocycles. The first kappa shape index (κ1) is 29.0. The normalized spacial score (nSPS) is 20.6. The van der Waals surface area contributed by atoms with E-state index >= 15 is 4.39 Å². The van der Waals surface area contributed by atoms with Gasteiger partial charge in [0.15, 0.2) is 12.4 Å². The monoisotopic (exact) mass is 674 g/mol. The van der Waals surface area contributed by atoms with E-state index in [9.17, 15) is 14.7 Å². The van der Waals surface area contributed by atoms with Gasteiger partial charge in [0.25, 0.3) is 5.56 Å². The summed E-state index contributed by atoms with van der Waals surface area (Å²) in [5, 5.41) is 10.8. The number of aromatic nitrogens is 2. The van der Waals surface area contributed by atoms with Crippen molar-refractivity contribution in [2.24, 2.45) is 0 Å². The zero-order valence-electron chi connectivity index (χ0n) is 22.2. The molecule has 1 fully saturated rings. The molecule has 214 valence electrons. The average Bonchev–Trinajstić information content (AvgIpc) is 3.29. The summed E-state index contributed by atoms with van der Waals surface area (Å²) >= 11 is 1.74. The molecule has 9 nitrogen and oxygen atoms in total. The molecule has 1 saturated heterocycles. The fourth-order valence-electron chi connectivity index (χ4n) is 5.00. The summed E-state index contributed by atoms with van der Waals surface area (Å²) in [7, 11) is 3.16. The molecule has 2 heterocycles. The van der Waals surface area contributed by atoms with Crippen molar-refractivity contribution in [2.45, 2.75) is 30.2 Å². The van der Waals surface area contributed by atoms with E-state index in [4.69, 9.17) is 18.9 Å². The number of rotatable bonds is 9. The number of benzene rings is 3. The maximum Gasteiger partial charge on any atom is 0.330 e. The van der Waals surface area contributed by atoms with Gasteiger partial charge in [-0.1, -0.05) is 54.6 Å². The quantitative estimate of drug-likeness (QED) is 0.206. The molecule has 4 atom stereocenters. The number of methoxy groups -OCH3 is 2. The largest absolute Gasteiger partial charge is 0.497 e. The first-order valence-corrected chi connectivity index (χ1v) is 13.8. The van der Waals surface area contributed by atoms with Crippen LogP contribution in [0.3, 0.4) is 0 Å². The summed E-state index contributed by atoms with van der Waals surface area (Å²) in [5.41, 5.74) is -0.359. The number of halogens is 2. The third kappa shape index (κ3) is 5.54. The van der Waals surface area contributed by atoms with Crippen molar-refractivity contribution < 1.29 is 28.4 Å². The van der Waals surface area contributed by atoms with E-state index in [1.165, 1.54) is 6.20 Å². The smallest absolute Gasteiger partial charge is 0.330 e. The van der Waals surface area contributed by atoms with Gasteiger partial charge in [-0.05, 0) is 63.5 Å². The Kier molecular flexibility index (Phi) is 8.59. The topological polar surface area (TPSA) is 112 Å². The maximum atomic E-state index is 15.4. The number of hydrogen-bond donors (Lipinski definition) is 2. The molecule has 1 aliphatic heterocycles. The third-order valence-corrected chi connectivity index (χ3v) is 7.90. The van der Waals surface area contributed by atoms with E-state index in [1.54, 1.807) is 36.8 Å². The molecule has 0 radical (unpaired) electrons. The predicted octanol–water partition coefficient (Wildman–Crippen LogP) is 3.76. The average molecular weight is 674 g/mol. The minimum Gasteiger partial charge on any atom is -0.497 e. The van der Waals surface area contributed by atoms with Crippen molar-refractivity contribution in [1.82, 2.24) is 9.55 Å². The fraction of sp³-hybridized carbons (Fsp3) is 0.267. The van der Waals surface area contributed by atoms with Gasteiger partial charge in [-0.2, -0.15) is 0 Å². The van der Waals surface area contributed by atoms with Gasteiger partial charge in [0.1, 0.15) is 29.3 Å². The number of ether oxygens (including phenoxy) is 4. The van der Waals surface area contributed by atoms with Crippen molar-refractivity contribution in [3.63, 3.8) is 0 Å². The van der Waals surface area contributed by atoms with Gasteiger partial charge >= 0.3 is 5.69 Å². The molecule has 1 aliphatic rings. The van der Waals surface area contributed by atoms with Crippen LogP contribution in [0.1, 0.15) is 22.9 Å². The molecule has 0 spiro atoms. The van der Waals surface area contributed by atoms with Crippen LogP contribution in [0.4, 0.5) is 4.39 Å². The molecule has 0 saturated carbocycles. The van der Waals surface area contributed by atoms with Crippen LogP contribution in [0, 0.1) is 3.57 Å². The van der Waals surface area contributed by atoms with E-state index in [0.29, 0.717) is 11.5 Å². The second kappa shape index (κ2) is 12.1. The molecule has 0 amide bonds. The van der Waals surface area contributed by atoms with Crippen LogP contribution in [0.15, 0.2) is 94.6 Å². The molecule has 0 bridgehead atoms. The number of hydrogen-bond acceptors (Lipinski definition) is 7. The number of aliphatic hydroxyl groups excluding tert-OH is 1. The highest BCUT2D eigenvalue weighted by molar-refractivity contribution is 14.1. The van der Waals surface area contributed by atoms with Crippen LogP contribution in [0.25, 0.3) is 0 Å². The Balaban J connectivity index is 1.56. The lowest BCUT2D eigenvalue weighted by Gasteiger charge is -2.37. The maximum absolute atomic E-state index is 15.4. The second-order valence-electron chi connectivity index (χ2n) is 9.46. The molecule has 3 aromatic carbocycles. The van der Waals surface area contributed by atoms with Crippen LogP contribution in [-0.4, -0.2) is 53.9 Å². The van der Waals surface area contributed by atoms with Crippen LogP contribution < -0.4 is 20.7 Å². The Labute approximate surface area is 248 Å². The van der Waals surface area contributed by atoms with Crippen molar-refractivity contribution >= 4 is 22.6 Å². The fourth-order valence-corrected chi connectivity index (χ4v) is 5.43. The standard InChI is InChI=1S/C30H28FIN2O7/c1-38-21-12-8-19(9-13-21)30(18-6-4-3-5-7-18,20-10-14-22(39-2)15-11-20)40-17-24-26(35)25(31)28(41-24)34-16-23(32)27(36)33-29(34)37/h3-16,24-26,28,35H,17H2,1-2H3,(H,33,36,37)/t24-,25-,26-,28-/m1/s1. The van der Waals surface area contributed by atoms with Crippen molar-refractivity contribution in [3.05, 3.63) is 126 Å². The molecule has 2 N–H and O–H groups in total. The first-order chi connectivity index (χ1) is 19.8. The van der Waals surface area contributed by atoms with Crippen LogP contribution in [-0.2, 0) is 15.1 Å². The minimum atomic E-state index is -1.95. The molecule has 5 rings (SSSR count). The Morgan fingerprint density at radius 1 is 0.927 bits per heavy atom. The number of nitrogens with zero attached hydrogens (tertiary/aromatic N) is 1. The van der Waals surface area contributed by atoms with Crippen LogP contribution >= 0.6 is 22.6 Å². The highest BCUT2D eigenvalue weighted by Gasteiger charge is 2.48. The van der Waals surface area contributed by atoms with Crippen molar-refractivity contribution in [1.29, 1.82) is 0 Å². The van der Waals surface area contributed by atoms with Gasteiger partial charge < -0.3 is 24.1 Å². The van der Waals surface area contributed by atoms with Crippen molar-refractivity contribution in [2.75, 3.05) is 20.8 Å². The zero-order valence-corrected chi connectivity index (χ0v) is 24.4. The Morgan fingerprint density at radius 3 is 2.00 bits per heavy atom. The number of aromatic amines is 1. The summed E-state index contributed by atoms with van der Waals surface area (Å²) in [6.07, 6.45) is -4.93. The lowest BCUT2D eigenvalue weighted by molar-refractivity contribution is -0.0951. The summed E-state index contributed by atoms with van der Waals surface area (Å²) < 4.78 is 39.8. The number of aliphatic hydroxyl groups is 1. The van der Waals surface area contributed by atoms with Gasteiger partial charge in [0.2, 0.25) is 0 Å². The molecular weight excluding hydrogens is 646 g/mol. The molecule has 41 heavy (non-hydrogen) atoms. The zero-order chi connectivity index (χ0) is 29.1. The number of alkyl halides is 1. The van der Waals surface area contributed by atoms with Crippen molar-refractivity contribution in [3.8, 4) is 11.5 Å². The van der Waals surface area contributed by atoms with Gasteiger partial charge in [0, 0.05) is 6.20 Å². The predicted molar refractivity (Wildman–Crippen MR) is 157 cm³/mol. The van der Waals surface area contributed by atoms with Crippen LogP contribution in [0.5, 0.6) is 11.5 Å². The van der Waals surface area contributed by atoms with Gasteiger partial charge in [-0.3, -0.25) is 14.3 Å². The summed E-state index contributed by atoms with van der Waals surface area (Å²) in [6, 6.07) is 24.3. The van der Waals surface area contributed by atoms with E-state index in [0.717, 1.165) is 21.3 Å². The van der Waals surface area contributed by atoms with E-state index < -0.39 is 41.5 Å². The van der Waals surface area contributed by atoms with E-state index in [-0.39, 0.29) is 10.2 Å². The second-order valence-corrected chi connectivity index (χ2v) is 10.6. The third-order valence-electron chi connectivity index (χ3n) is 7.13. The first-order valence-electron chi connectivity index (χ1n) is 12.8. The Hall–Kier alpha value is -3.52. The Morgan fingerprint density at radius 2 is 1.46 bits per heavy atom. The summed E-state index contributed by atoms with van der Waals surface area (Å²) in [6.45, 7) is -0.236. The van der Waals surface area contributed by atoms with Gasteiger partial charge in [-0.15, -0.1) is 0 Å². The molecular formula is C30H28FIN2O7. The van der Waals surface area contributed by atoms with Gasteiger partial charge in [-0.25, -0.2) is 9.18 Å². The van der Waals surface area contributed by atoms with E-state index in [2.05, 4.69) is 4.98 Å². The molecule has 4 aromatic rings. The SMILES string of the molecule is COc1ccc(C(OC[C@H]2O[C@@H](n3cc(I)c(=O)[nH]c3=O)[C@H](F)[C@@H]2O)(c2ccccc2)c2ccc(OC)cc2)cc1. The number of H-pyrrole nitrogens is 1. The summed E-state index contributed by atoms with van der Waals surface area (Å²) in [4.78, 5) is 26.4. The highest BCUT2D eigenvalue weighted by Crippen LogP contribution is 2.43. The Bertz CT molecular complexity index is 1550. The van der Waals surface area contributed by atoms with Crippen LogP contribution in [0.2, 0.25) is 0 Å². The highest BCUT2D eigenvalue weighted by atomic mass is 127. The molecule has 1 aromatic heterocycles. The van der Waals surface area contributed by atoms with E-state index in [1.807, 2.05) is 78.9 Å². The number of nitrogens with one attached hydrogen (secondary N) is 1. The lowest BCUT2D eigenvalue weighted by Crippen LogP contribution is -2.39. The molecule has 0 unspecified atom stereocenters. The minimum absolute atomic E-state index is 0.175. The summed E-state index contributed by atoms with van der Waals surface area (Å²) in [5.74, 6) is 1.31. The van der Waals surface area contributed by atoms with Gasteiger partial charge in [0.05, 0.1) is 24.4 Å². The lowest BCUT2D eigenvalue weighted by atomic mass is 9.80. The molecule has 11 heteroatoms.